The van der Waals surface area contributed by atoms with Crippen molar-refractivity contribution in [2.45, 2.75) is 19.8 Å². The summed E-state index contributed by atoms with van der Waals surface area (Å²) in [7, 11) is 0. The molecule has 2 aromatic rings. The summed E-state index contributed by atoms with van der Waals surface area (Å²) in [5.41, 5.74) is 9.27. The maximum Gasteiger partial charge on any atom is 0.123 e. The van der Waals surface area contributed by atoms with E-state index in [4.69, 9.17) is 10.5 Å². The lowest BCUT2D eigenvalue weighted by Crippen LogP contribution is -2.43. The average molecular weight is 285 g/mol. The van der Waals surface area contributed by atoms with Gasteiger partial charge in [-0.05, 0) is 54.7 Å². The van der Waals surface area contributed by atoms with E-state index >= 15 is 0 Å². The zero-order chi connectivity index (χ0) is 14.9. The highest BCUT2D eigenvalue weighted by molar-refractivity contribution is 5.37. The molecule has 110 valence electrons. The number of hydrogen-bond donors (Lipinski definition) is 1. The van der Waals surface area contributed by atoms with Crippen molar-refractivity contribution in [2.75, 3.05) is 13.2 Å². The minimum absolute atomic E-state index is 0.114. The summed E-state index contributed by atoms with van der Waals surface area (Å²) < 4.78 is 19.2. The molecule has 1 unspecified atom stereocenters. The van der Waals surface area contributed by atoms with Crippen LogP contribution in [0.4, 0.5) is 4.39 Å². The molecular formula is C18H20FNO. The first-order valence-electron chi connectivity index (χ1n) is 7.28. The number of rotatable bonds is 3. The minimum atomic E-state index is -0.191. The first kappa shape index (κ1) is 14.1. The summed E-state index contributed by atoms with van der Waals surface area (Å²) in [4.78, 5) is 0. The quantitative estimate of drug-likeness (QED) is 0.939. The molecule has 1 aliphatic rings. The molecule has 0 saturated heterocycles. The van der Waals surface area contributed by atoms with E-state index < -0.39 is 0 Å². The van der Waals surface area contributed by atoms with E-state index in [2.05, 4.69) is 6.07 Å². The molecule has 2 nitrogen and oxygen atoms in total. The molecule has 3 rings (SSSR count). The highest BCUT2D eigenvalue weighted by Crippen LogP contribution is 2.36. The lowest BCUT2D eigenvalue weighted by molar-refractivity contribution is 0.126. The smallest absolute Gasteiger partial charge is 0.123 e. The van der Waals surface area contributed by atoms with Crippen molar-refractivity contribution in [1.29, 1.82) is 0 Å². The van der Waals surface area contributed by atoms with E-state index in [1.54, 1.807) is 6.07 Å². The zero-order valence-corrected chi connectivity index (χ0v) is 12.2. The Bertz CT molecular complexity index is 655. The fourth-order valence-electron chi connectivity index (χ4n) is 3.06. The number of fused-ring (bicyclic) bond motifs is 1. The first-order valence-corrected chi connectivity index (χ1v) is 7.28. The molecule has 0 radical (unpaired) electrons. The van der Waals surface area contributed by atoms with Crippen molar-refractivity contribution in [3.8, 4) is 5.75 Å². The number of nitrogens with two attached hydrogens (primary N) is 1. The molecule has 0 fully saturated rings. The van der Waals surface area contributed by atoms with Crippen LogP contribution in [-0.4, -0.2) is 13.2 Å². The van der Waals surface area contributed by atoms with Gasteiger partial charge in [0, 0.05) is 12.0 Å². The molecule has 1 aliphatic heterocycles. The third-order valence-corrected chi connectivity index (χ3v) is 4.38. The Morgan fingerprint density at radius 3 is 2.81 bits per heavy atom. The highest BCUT2D eigenvalue weighted by atomic mass is 19.1. The molecule has 0 amide bonds. The Kier molecular flexibility index (Phi) is 3.68. The molecule has 0 aliphatic carbocycles. The predicted molar refractivity (Wildman–Crippen MR) is 82.0 cm³/mol. The largest absolute Gasteiger partial charge is 0.493 e. The molecule has 0 bridgehead atoms. The first-order chi connectivity index (χ1) is 10.1. The second-order valence-corrected chi connectivity index (χ2v) is 6.02. The van der Waals surface area contributed by atoms with Gasteiger partial charge < -0.3 is 10.5 Å². The van der Waals surface area contributed by atoms with Crippen LogP contribution in [0.5, 0.6) is 5.75 Å². The van der Waals surface area contributed by atoms with Gasteiger partial charge in [0.25, 0.3) is 0 Å². The molecule has 0 saturated carbocycles. The van der Waals surface area contributed by atoms with Gasteiger partial charge in [0.05, 0.1) is 6.61 Å². The fourth-order valence-corrected chi connectivity index (χ4v) is 3.06. The molecule has 1 heterocycles. The molecule has 1 atom stereocenters. The van der Waals surface area contributed by atoms with E-state index in [0.29, 0.717) is 13.2 Å². The second kappa shape index (κ2) is 5.49. The Hall–Kier alpha value is -1.87. The standard InChI is InChI=1S/C18H20FNO/c1-13-8-16(19)7-6-14(13)9-18(11-20)10-15-4-2-3-5-17(15)21-12-18/h2-8H,9-12,20H2,1H3. The van der Waals surface area contributed by atoms with Crippen molar-refractivity contribution < 1.29 is 9.13 Å². The van der Waals surface area contributed by atoms with Gasteiger partial charge in [-0.2, -0.15) is 0 Å². The van der Waals surface area contributed by atoms with Crippen LogP contribution in [0.1, 0.15) is 16.7 Å². The summed E-state index contributed by atoms with van der Waals surface area (Å²) in [5, 5.41) is 0. The van der Waals surface area contributed by atoms with Crippen LogP contribution >= 0.6 is 0 Å². The summed E-state index contributed by atoms with van der Waals surface area (Å²) >= 11 is 0. The van der Waals surface area contributed by atoms with Gasteiger partial charge in [0.2, 0.25) is 0 Å². The Balaban J connectivity index is 1.88. The minimum Gasteiger partial charge on any atom is -0.493 e. The van der Waals surface area contributed by atoms with Gasteiger partial charge in [-0.1, -0.05) is 24.3 Å². The monoisotopic (exact) mass is 285 g/mol. The van der Waals surface area contributed by atoms with Crippen LogP contribution < -0.4 is 10.5 Å². The SMILES string of the molecule is Cc1cc(F)ccc1CC1(CN)COc2ccccc2C1. The normalized spacial score (nSPS) is 20.7. The van der Waals surface area contributed by atoms with E-state index in [1.807, 2.05) is 31.2 Å². The number of para-hydroxylation sites is 1. The van der Waals surface area contributed by atoms with E-state index in [-0.39, 0.29) is 11.2 Å². The molecule has 21 heavy (non-hydrogen) atoms. The van der Waals surface area contributed by atoms with Crippen LogP contribution in [0.25, 0.3) is 0 Å². The van der Waals surface area contributed by atoms with Crippen molar-refractivity contribution in [2.24, 2.45) is 11.1 Å². The second-order valence-electron chi connectivity index (χ2n) is 6.02. The fraction of sp³-hybridized carbons (Fsp3) is 0.333. The molecular weight excluding hydrogens is 265 g/mol. The number of hydrogen-bond acceptors (Lipinski definition) is 2. The molecule has 2 aromatic carbocycles. The summed E-state index contributed by atoms with van der Waals surface area (Å²) in [5.74, 6) is 0.765. The zero-order valence-electron chi connectivity index (χ0n) is 12.2. The molecule has 2 N–H and O–H groups in total. The Morgan fingerprint density at radius 1 is 1.24 bits per heavy atom. The van der Waals surface area contributed by atoms with Crippen molar-refractivity contribution in [1.82, 2.24) is 0 Å². The predicted octanol–water partition coefficient (Wildman–Crippen LogP) is 3.26. The summed E-state index contributed by atoms with van der Waals surface area (Å²) in [6.45, 7) is 3.11. The highest BCUT2D eigenvalue weighted by Gasteiger charge is 2.35. The van der Waals surface area contributed by atoms with Crippen LogP contribution in [-0.2, 0) is 12.8 Å². The number of ether oxygens (including phenoxy) is 1. The topological polar surface area (TPSA) is 35.2 Å². The molecule has 0 spiro atoms. The third kappa shape index (κ3) is 2.79. The number of halogens is 1. The van der Waals surface area contributed by atoms with Gasteiger partial charge in [-0.15, -0.1) is 0 Å². The lowest BCUT2D eigenvalue weighted by atomic mass is 9.75. The van der Waals surface area contributed by atoms with Crippen molar-refractivity contribution >= 4 is 0 Å². The maximum atomic E-state index is 13.3. The summed E-state index contributed by atoms with van der Waals surface area (Å²) in [6, 6.07) is 13.1. The van der Waals surface area contributed by atoms with Crippen molar-refractivity contribution in [3.63, 3.8) is 0 Å². The number of benzene rings is 2. The van der Waals surface area contributed by atoms with Gasteiger partial charge in [-0.25, -0.2) is 4.39 Å². The van der Waals surface area contributed by atoms with Crippen LogP contribution in [0.15, 0.2) is 42.5 Å². The van der Waals surface area contributed by atoms with Gasteiger partial charge in [-0.3, -0.25) is 0 Å². The van der Waals surface area contributed by atoms with Gasteiger partial charge >= 0.3 is 0 Å². The lowest BCUT2D eigenvalue weighted by Gasteiger charge is -2.37. The maximum absolute atomic E-state index is 13.3. The van der Waals surface area contributed by atoms with Crippen LogP contribution in [0.2, 0.25) is 0 Å². The summed E-state index contributed by atoms with van der Waals surface area (Å²) in [6.07, 6.45) is 1.71. The average Bonchev–Trinajstić information content (AvgIpc) is 2.50. The van der Waals surface area contributed by atoms with E-state index in [0.717, 1.165) is 29.7 Å². The van der Waals surface area contributed by atoms with E-state index in [1.165, 1.54) is 11.6 Å². The Morgan fingerprint density at radius 2 is 2.05 bits per heavy atom. The molecule has 0 aromatic heterocycles. The van der Waals surface area contributed by atoms with Gasteiger partial charge in [0.1, 0.15) is 11.6 Å². The van der Waals surface area contributed by atoms with Gasteiger partial charge in [0.15, 0.2) is 0 Å². The molecule has 3 heteroatoms. The Labute approximate surface area is 124 Å². The number of aryl methyl sites for hydroxylation is 1. The van der Waals surface area contributed by atoms with Crippen LogP contribution in [0.3, 0.4) is 0 Å². The van der Waals surface area contributed by atoms with Crippen LogP contribution in [0, 0.1) is 18.2 Å². The van der Waals surface area contributed by atoms with E-state index in [9.17, 15) is 4.39 Å². The third-order valence-electron chi connectivity index (χ3n) is 4.38. The van der Waals surface area contributed by atoms with Crippen molar-refractivity contribution in [3.05, 3.63) is 65.0 Å².